The van der Waals surface area contributed by atoms with E-state index in [-0.39, 0.29) is 5.91 Å². The number of rotatable bonds is 3. The average Bonchev–Trinajstić information content (AvgIpc) is 3.28. The number of nitrogens with one attached hydrogen (secondary N) is 2. The second-order valence-electron chi connectivity index (χ2n) is 5.65. The molecule has 0 saturated heterocycles. The molecule has 7 nitrogen and oxygen atoms in total. The number of benzene rings is 1. The van der Waals surface area contributed by atoms with Gasteiger partial charge in [-0.15, -0.1) is 0 Å². The minimum atomic E-state index is -0.292. The van der Waals surface area contributed by atoms with Gasteiger partial charge >= 0.3 is 0 Å². The molecule has 1 aliphatic rings. The van der Waals surface area contributed by atoms with Gasteiger partial charge in [-0.3, -0.25) is 14.8 Å². The summed E-state index contributed by atoms with van der Waals surface area (Å²) in [5, 5.41) is 3.15. The Labute approximate surface area is 153 Å². The summed E-state index contributed by atoms with van der Waals surface area (Å²) in [6.45, 7) is 0.437. The third-order valence-electron chi connectivity index (χ3n) is 3.97. The fourth-order valence-corrected chi connectivity index (χ4v) is 2.91. The molecule has 0 aliphatic carbocycles. The summed E-state index contributed by atoms with van der Waals surface area (Å²) in [5.74, 6) is 1.42. The molecule has 8 heteroatoms. The monoisotopic (exact) mass is 367 g/mol. The first-order valence-electron chi connectivity index (χ1n) is 7.84. The van der Waals surface area contributed by atoms with Gasteiger partial charge < -0.3 is 15.0 Å². The predicted molar refractivity (Wildman–Crippen MR) is 99.6 cm³/mol. The van der Waals surface area contributed by atoms with E-state index >= 15 is 0 Å². The number of aromatic amines is 1. The Morgan fingerprint density at radius 2 is 2.23 bits per heavy atom. The van der Waals surface area contributed by atoms with Crippen molar-refractivity contribution >= 4 is 40.0 Å². The van der Waals surface area contributed by atoms with Crippen LogP contribution in [0.3, 0.4) is 0 Å². The molecule has 0 fully saturated rings. The molecule has 130 valence electrons. The van der Waals surface area contributed by atoms with Crippen LogP contribution in [0, 0.1) is 0 Å². The highest BCUT2D eigenvalue weighted by molar-refractivity contribution is 6.32. The first-order valence-corrected chi connectivity index (χ1v) is 8.22. The first-order chi connectivity index (χ1) is 12.6. The maximum Gasteiger partial charge on any atom is 0.256 e. The second kappa shape index (κ2) is 6.61. The zero-order valence-electron chi connectivity index (χ0n) is 13.8. The lowest BCUT2D eigenvalue weighted by Gasteiger charge is -2.06. The van der Waals surface area contributed by atoms with E-state index in [0.29, 0.717) is 34.5 Å². The fourth-order valence-electron chi connectivity index (χ4n) is 2.65. The Bertz CT molecular complexity index is 1040. The molecule has 0 radical (unpaired) electrons. The lowest BCUT2D eigenvalue weighted by Crippen LogP contribution is -2.28. The van der Waals surface area contributed by atoms with Gasteiger partial charge in [0.05, 0.1) is 35.9 Å². The zero-order valence-corrected chi connectivity index (χ0v) is 14.5. The molecule has 3 aromatic rings. The number of halogens is 1. The SMILES string of the molecule is COc1ccc(C(=O)NC2=NCC(c3nc4ccncc4[nH]3)=C2)cc1Cl. The first kappa shape index (κ1) is 16.3. The molecular weight excluding hydrogens is 354 g/mol. The van der Waals surface area contributed by atoms with Crippen molar-refractivity contribution in [2.45, 2.75) is 0 Å². The molecule has 1 aromatic carbocycles. The Kier molecular flexibility index (Phi) is 4.14. The van der Waals surface area contributed by atoms with Gasteiger partial charge in [-0.25, -0.2) is 4.98 Å². The Morgan fingerprint density at radius 3 is 3.00 bits per heavy atom. The van der Waals surface area contributed by atoms with E-state index in [2.05, 4.69) is 25.3 Å². The minimum absolute atomic E-state index is 0.292. The van der Waals surface area contributed by atoms with Gasteiger partial charge in [0.2, 0.25) is 0 Å². The van der Waals surface area contributed by atoms with Gasteiger partial charge in [-0.2, -0.15) is 0 Å². The Morgan fingerprint density at radius 1 is 1.35 bits per heavy atom. The third-order valence-corrected chi connectivity index (χ3v) is 4.27. The smallest absolute Gasteiger partial charge is 0.256 e. The number of carbonyl (C=O) groups is 1. The summed E-state index contributed by atoms with van der Waals surface area (Å²) in [5.41, 5.74) is 3.01. The highest BCUT2D eigenvalue weighted by atomic mass is 35.5. The van der Waals surface area contributed by atoms with Crippen molar-refractivity contribution in [1.29, 1.82) is 0 Å². The summed E-state index contributed by atoms with van der Waals surface area (Å²) in [6, 6.07) is 6.69. The molecule has 0 saturated carbocycles. The zero-order chi connectivity index (χ0) is 18.1. The van der Waals surface area contributed by atoms with Crippen LogP contribution >= 0.6 is 11.6 Å². The number of pyridine rings is 1. The van der Waals surface area contributed by atoms with Gasteiger partial charge in [0.25, 0.3) is 5.91 Å². The molecule has 0 bridgehead atoms. The van der Waals surface area contributed by atoms with Gasteiger partial charge in [0, 0.05) is 17.3 Å². The largest absolute Gasteiger partial charge is 0.495 e. The second-order valence-corrected chi connectivity index (χ2v) is 6.06. The highest BCUT2D eigenvalue weighted by Crippen LogP contribution is 2.25. The molecule has 1 amide bonds. The number of methoxy groups -OCH3 is 1. The normalized spacial score (nSPS) is 13.5. The molecule has 0 unspecified atom stereocenters. The molecule has 0 atom stereocenters. The molecule has 3 heterocycles. The number of hydrogen-bond donors (Lipinski definition) is 2. The minimum Gasteiger partial charge on any atom is -0.495 e. The predicted octanol–water partition coefficient (Wildman–Crippen LogP) is 2.85. The van der Waals surface area contributed by atoms with Gasteiger partial charge in [0.1, 0.15) is 17.4 Å². The molecule has 4 rings (SSSR count). The van der Waals surface area contributed by atoms with Crippen molar-refractivity contribution < 1.29 is 9.53 Å². The van der Waals surface area contributed by atoms with Crippen LogP contribution < -0.4 is 10.1 Å². The summed E-state index contributed by atoms with van der Waals surface area (Å²) in [4.78, 5) is 28.5. The van der Waals surface area contributed by atoms with E-state index in [0.717, 1.165) is 16.6 Å². The molecule has 1 aliphatic heterocycles. The van der Waals surface area contributed by atoms with Crippen LogP contribution in [-0.2, 0) is 0 Å². The topological polar surface area (TPSA) is 92.3 Å². The van der Waals surface area contributed by atoms with Crippen molar-refractivity contribution in [3.8, 4) is 5.75 Å². The van der Waals surface area contributed by atoms with Crippen molar-refractivity contribution in [3.05, 3.63) is 59.1 Å². The number of carbonyl (C=O) groups excluding carboxylic acids is 1. The van der Waals surface area contributed by atoms with Crippen molar-refractivity contribution in [3.63, 3.8) is 0 Å². The Balaban J connectivity index is 1.50. The summed E-state index contributed by atoms with van der Waals surface area (Å²) >= 11 is 6.07. The van der Waals surface area contributed by atoms with Crippen molar-refractivity contribution in [1.82, 2.24) is 20.3 Å². The van der Waals surface area contributed by atoms with E-state index in [9.17, 15) is 4.79 Å². The lowest BCUT2D eigenvalue weighted by atomic mass is 10.2. The van der Waals surface area contributed by atoms with E-state index in [4.69, 9.17) is 16.3 Å². The number of fused-ring (bicyclic) bond motifs is 1. The number of H-pyrrole nitrogens is 1. The van der Waals surface area contributed by atoms with Crippen molar-refractivity contribution in [2.24, 2.45) is 4.99 Å². The van der Waals surface area contributed by atoms with Gasteiger partial charge in [0.15, 0.2) is 0 Å². The summed E-state index contributed by atoms with van der Waals surface area (Å²) in [7, 11) is 1.52. The van der Waals surface area contributed by atoms with Crippen LogP contribution in [0.15, 0.2) is 47.7 Å². The maximum atomic E-state index is 12.4. The average molecular weight is 368 g/mol. The number of amidine groups is 1. The van der Waals surface area contributed by atoms with E-state index in [1.54, 1.807) is 36.7 Å². The lowest BCUT2D eigenvalue weighted by molar-refractivity contribution is 0.0977. The maximum absolute atomic E-state index is 12.4. The molecule has 0 spiro atoms. The van der Waals surface area contributed by atoms with E-state index in [1.807, 2.05) is 6.07 Å². The number of aliphatic imine (C=N–C) groups is 1. The van der Waals surface area contributed by atoms with Crippen LogP contribution in [-0.4, -0.2) is 40.3 Å². The van der Waals surface area contributed by atoms with Crippen LogP contribution in [0.25, 0.3) is 16.6 Å². The van der Waals surface area contributed by atoms with Crippen LogP contribution in [0.1, 0.15) is 16.2 Å². The molecular formula is C18H14ClN5O2. The number of ether oxygens (including phenoxy) is 1. The number of amides is 1. The number of hydrogen-bond acceptors (Lipinski definition) is 5. The highest BCUT2D eigenvalue weighted by Gasteiger charge is 2.17. The third kappa shape index (κ3) is 3.04. The van der Waals surface area contributed by atoms with Crippen LogP contribution in [0.4, 0.5) is 0 Å². The summed E-state index contributed by atoms with van der Waals surface area (Å²) in [6.07, 6.45) is 5.21. The van der Waals surface area contributed by atoms with Gasteiger partial charge in [-0.1, -0.05) is 11.6 Å². The summed E-state index contributed by atoms with van der Waals surface area (Å²) < 4.78 is 5.09. The fraction of sp³-hybridized carbons (Fsp3) is 0.111. The Hall–Kier alpha value is -3.19. The number of nitrogens with zero attached hydrogens (tertiary/aromatic N) is 3. The quantitative estimate of drug-likeness (QED) is 0.744. The van der Waals surface area contributed by atoms with E-state index in [1.165, 1.54) is 7.11 Å². The van der Waals surface area contributed by atoms with Crippen LogP contribution in [0.2, 0.25) is 5.02 Å². The molecule has 26 heavy (non-hydrogen) atoms. The van der Waals surface area contributed by atoms with Gasteiger partial charge in [-0.05, 0) is 30.3 Å². The van der Waals surface area contributed by atoms with E-state index < -0.39 is 0 Å². The molecule has 2 aromatic heterocycles. The number of aromatic nitrogens is 3. The van der Waals surface area contributed by atoms with Crippen LogP contribution in [0.5, 0.6) is 5.75 Å². The molecule has 2 N–H and O–H groups in total. The van der Waals surface area contributed by atoms with Crippen molar-refractivity contribution in [2.75, 3.05) is 13.7 Å². The number of imidazole rings is 1. The standard InChI is InChI=1S/C18H14ClN5O2/c1-26-15-3-2-10(6-12(15)19)18(25)24-16-7-11(8-21-16)17-22-13-4-5-20-9-14(13)23-17/h2-7,9H,8H2,1H3,(H,22,23)(H,21,24,25).